The molecule has 1 atom stereocenters. The molecule has 10 rings (SSSR count). The summed E-state index contributed by atoms with van der Waals surface area (Å²) in [6, 6.07) is 72.2. The summed E-state index contributed by atoms with van der Waals surface area (Å²) in [6.07, 6.45) is 2.84. The third-order valence-electron chi connectivity index (χ3n) is 17.5. The Bertz CT molecular complexity index is 3660. The molecule has 0 unspecified atom stereocenters. The van der Waals surface area contributed by atoms with E-state index in [9.17, 15) is 4.79 Å². The molecule has 0 radical (unpaired) electrons. The quantitative estimate of drug-likeness (QED) is 0.0642. The summed E-state index contributed by atoms with van der Waals surface area (Å²) in [5.74, 6) is 3.04. The van der Waals surface area contributed by atoms with E-state index in [0.29, 0.717) is 57.3 Å². The maximum absolute atomic E-state index is 14.5. The minimum atomic E-state index is -0.974. The van der Waals surface area contributed by atoms with Gasteiger partial charge in [0.25, 0.3) is 5.91 Å². The van der Waals surface area contributed by atoms with Gasteiger partial charge in [-0.1, -0.05) is 283 Å². The Labute approximate surface area is 552 Å². The van der Waals surface area contributed by atoms with Gasteiger partial charge in [0.2, 0.25) is 0 Å². The summed E-state index contributed by atoms with van der Waals surface area (Å²) in [4.78, 5) is 14.5. The molecule has 1 N–H and O–H groups in total. The van der Waals surface area contributed by atoms with Crippen LogP contribution in [0.4, 0.5) is 0 Å². The number of nitrogens with one attached hydrogen (secondary N) is 1. The average molecular weight is 1260 g/mol. The number of carbonyl (C=O) groups excluding carboxylic acids is 1. The molecule has 0 heterocycles. The normalized spacial score (nSPS) is 13.2. The number of methoxy groups -OCH3 is 1. The first-order valence-corrected chi connectivity index (χ1v) is 35.7. The topological polar surface area (TPSA) is 75.2 Å². The maximum atomic E-state index is 14.5. The highest BCUT2D eigenvalue weighted by Gasteiger charge is 2.31. The van der Waals surface area contributed by atoms with E-state index < -0.39 is 15.8 Å². The minimum Gasteiger partial charge on any atom is -0.491 e. The molecular weight excluding hydrogens is 1170 g/mol. The summed E-state index contributed by atoms with van der Waals surface area (Å²) < 4.78 is 35.6. The molecule has 1 aliphatic carbocycles. The van der Waals surface area contributed by atoms with Crippen molar-refractivity contribution in [1.82, 2.24) is 5.32 Å². The second-order valence-electron chi connectivity index (χ2n) is 28.8. The van der Waals surface area contributed by atoms with E-state index in [2.05, 4.69) is 258 Å². The average Bonchev–Trinajstić information content (AvgIpc) is 0.812. The van der Waals surface area contributed by atoms with E-state index in [0.717, 1.165) is 67.3 Å². The van der Waals surface area contributed by atoms with Crippen LogP contribution in [-0.2, 0) is 56.9 Å². The van der Waals surface area contributed by atoms with Crippen LogP contribution in [0.15, 0.2) is 200 Å². The lowest BCUT2D eigenvalue weighted by Crippen LogP contribution is -2.31. The molecule has 1 aliphatic rings. The van der Waals surface area contributed by atoms with Crippen molar-refractivity contribution in [3.05, 3.63) is 273 Å². The molecule has 9 aromatic carbocycles. The van der Waals surface area contributed by atoms with Crippen molar-refractivity contribution < 1.29 is 28.5 Å². The SMILES string of the molecule is COCCOc1c2cc(C(C)(C)C)cc1Cc1cc(C(C)(C)C)cc(c1OCP(c1ccccc1)c1ccccc1)Cc1cc(C(C)(C)C)cc(c1OCC(=O)N[C@H](C)c1ccccc1)Cc1cc(C(C)(C)C)cc(c1OCP(c1ccccc1)c1ccccc1)C2. The molecule has 0 aromatic heterocycles. The van der Waals surface area contributed by atoms with Crippen LogP contribution in [0, 0.1) is 0 Å². The number of fused-ring (bicyclic) bond motifs is 8. The molecule has 0 saturated heterocycles. The molecule has 92 heavy (non-hydrogen) atoms. The lowest BCUT2D eigenvalue weighted by Gasteiger charge is -2.30. The van der Waals surface area contributed by atoms with Crippen LogP contribution in [0.25, 0.3) is 0 Å². The van der Waals surface area contributed by atoms with Crippen molar-refractivity contribution in [3.63, 3.8) is 0 Å². The zero-order chi connectivity index (χ0) is 65.4. The summed E-state index contributed by atoms with van der Waals surface area (Å²) in [7, 11) is -0.210. The van der Waals surface area contributed by atoms with Crippen LogP contribution in [0.5, 0.6) is 23.0 Å². The highest BCUT2D eigenvalue weighted by atomic mass is 31.1. The van der Waals surface area contributed by atoms with E-state index in [1.807, 2.05) is 37.3 Å². The van der Waals surface area contributed by atoms with Crippen LogP contribution in [-0.4, -0.2) is 45.5 Å². The largest absolute Gasteiger partial charge is 0.491 e. The number of rotatable bonds is 19. The summed E-state index contributed by atoms with van der Waals surface area (Å²) in [5, 5.41) is 8.24. The first kappa shape index (κ1) is 67.4. The minimum absolute atomic E-state index is 0.188. The van der Waals surface area contributed by atoms with Gasteiger partial charge in [-0.3, -0.25) is 4.79 Å². The van der Waals surface area contributed by atoms with E-state index in [1.54, 1.807) is 7.11 Å². The van der Waals surface area contributed by atoms with Crippen molar-refractivity contribution in [3.8, 4) is 23.0 Å². The Kier molecular flexibility index (Phi) is 21.4. The Balaban J connectivity index is 1.27. The van der Waals surface area contributed by atoms with E-state index in [1.165, 1.54) is 43.5 Å². The van der Waals surface area contributed by atoms with Gasteiger partial charge in [0.05, 0.1) is 12.6 Å². The van der Waals surface area contributed by atoms with Crippen LogP contribution >= 0.6 is 15.8 Å². The van der Waals surface area contributed by atoms with Crippen LogP contribution < -0.4 is 45.5 Å². The Morgan fingerprint density at radius 2 is 0.641 bits per heavy atom. The van der Waals surface area contributed by atoms with Gasteiger partial charge in [0, 0.05) is 32.8 Å². The maximum Gasteiger partial charge on any atom is 0.258 e. The molecule has 0 fully saturated rings. The van der Waals surface area contributed by atoms with Gasteiger partial charge >= 0.3 is 0 Å². The molecule has 0 spiro atoms. The molecular formula is C83H95NO6P2. The third kappa shape index (κ3) is 16.8. The number of benzene rings is 9. The number of hydrogen-bond acceptors (Lipinski definition) is 6. The number of carbonyl (C=O) groups is 1. The van der Waals surface area contributed by atoms with Crippen LogP contribution in [0.3, 0.4) is 0 Å². The standard InChI is InChI=1S/C83H95NO6P2/c1-57(58-30-20-15-21-31-58)84-75(85)54-88-77-61-44-65-52-69(82(8,9)10)50-63(78(65)89-55-91(71-32-22-16-23-33-71)72-34-24-17-25-35-72)42-59-46-67(80(2,3)4)47-60(76(59)87-41-40-86-14)43-64-51-70(83(11,12)13)53-66(45-62(77)49-68(48-61)81(5,6)7)79(64)90-56-92(73-36-26-18-27-37-73)74-38-28-19-29-39-74/h15-39,46-53,57H,40-45,54-56H2,1-14H3,(H,84,85)/t57-/m1/s1. The molecule has 7 nitrogen and oxygen atoms in total. The Morgan fingerprint density at radius 1 is 0.380 bits per heavy atom. The zero-order valence-electron chi connectivity index (χ0n) is 56.8. The highest BCUT2D eigenvalue weighted by Crippen LogP contribution is 2.47. The van der Waals surface area contributed by atoms with Gasteiger partial charge in [-0.05, 0) is 138 Å². The van der Waals surface area contributed by atoms with Crippen molar-refractivity contribution in [2.24, 2.45) is 0 Å². The van der Waals surface area contributed by atoms with Gasteiger partial charge in [-0.25, -0.2) is 0 Å². The summed E-state index contributed by atoms with van der Waals surface area (Å²) >= 11 is 0. The Hall–Kier alpha value is -7.53. The van der Waals surface area contributed by atoms with Crippen molar-refractivity contribution in [2.45, 2.75) is 143 Å². The fourth-order valence-corrected chi connectivity index (χ4v) is 16.0. The molecule has 0 aliphatic heterocycles. The van der Waals surface area contributed by atoms with Gasteiger partial charge in [0.15, 0.2) is 6.61 Å². The predicted octanol–water partition coefficient (Wildman–Crippen LogP) is 17.8. The first-order valence-electron chi connectivity index (χ1n) is 32.7. The third-order valence-corrected chi connectivity index (χ3v) is 21.9. The summed E-state index contributed by atoms with van der Waals surface area (Å²) in [6.45, 7) is 30.2. The lowest BCUT2D eigenvalue weighted by molar-refractivity contribution is -0.123. The number of hydrogen-bond donors (Lipinski definition) is 1. The molecule has 478 valence electrons. The summed E-state index contributed by atoms with van der Waals surface area (Å²) in [5.41, 5.74) is 13.1. The molecule has 9 heteroatoms. The van der Waals surface area contributed by atoms with Crippen LogP contribution in [0.1, 0.15) is 168 Å². The van der Waals surface area contributed by atoms with E-state index >= 15 is 0 Å². The zero-order valence-corrected chi connectivity index (χ0v) is 58.6. The lowest BCUT2D eigenvalue weighted by atomic mass is 9.79. The molecule has 1 amide bonds. The molecule has 9 aromatic rings. The van der Waals surface area contributed by atoms with Gasteiger partial charge in [0.1, 0.15) is 42.3 Å². The smallest absolute Gasteiger partial charge is 0.258 e. The molecule has 0 saturated carbocycles. The van der Waals surface area contributed by atoms with Crippen molar-refractivity contribution in [1.29, 1.82) is 0 Å². The van der Waals surface area contributed by atoms with Crippen LogP contribution in [0.2, 0.25) is 0 Å². The first-order chi connectivity index (χ1) is 43.9. The van der Waals surface area contributed by atoms with Crippen molar-refractivity contribution in [2.75, 3.05) is 39.6 Å². The highest BCUT2D eigenvalue weighted by molar-refractivity contribution is 7.73. The second kappa shape index (κ2) is 29.2. The fraction of sp³-hybridized carbons (Fsp3) is 0.337. The molecule has 8 bridgehead atoms. The monoisotopic (exact) mass is 1260 g/mol. The second-order valence-corrected chi connectivity index (χ2v) is 33.1. The van der Waals surface area contributed by atoms with Gasteiger partial charge in [-0.15, -0.1) is 0 Å². The predicted molar refractivity (Wildman–Crippen MR) is 387 cm³/mol. The van der Waals surface area contributed by atoms with E-state index in [4.69, 9.17) is 23.7 Å². The number of ether oxygens (including phenoxy) is 5. The van der Waals surface area contributed by atoms with Crippen molar-refractivity contribution >= 4 is 43.0 Å². The van der Waals surface area contributed by atoms with E-state index in [-0.39, 0.29) is 40.2 Å². The van der Waals surface area contributed by atoms with Gasteiger partial charge in [-0.2, -0.15) is 0 Å². The fourth-order valence-electron chi connectivity index (χ4n) is 12.1. The van der Waals surface area contributed by atoms with Gasteiger partial charge < -0.3 is 29.0 Å². The Morgan fingerprint density at radius 3 is 0.913 bits per heavy atom. The number of amides is 1.